The largest absolute Gasteiger partial charge is 0.478 e. The Morgan fingerprint density at radius 3 is 2.65 bits per heavy atom. The third-order valence-electron chi connectivity index (χ3n) is 4.04. The van der Waals surface area contributed by atoms with Crippen LogP contribution in [-0.2, 0) is 19.9 Å². The van der Waals surface area contributed by atoms with Crippen LogP contribution in [0.2, 0.25) is 0 Å². The lowest BCUT2D eigenvalue weighted by atomic mass is 10.2. The van der Waals surface area contributed by atoms with Crippen molar-refractivity contribution in [2.24, 2.45) is 7.05 Å². The molecule has 1 N–H and O–H groups in total. The third kappa shape index (κ3) is 2.33. The number of benzene rings is 1. The summed E-state index contributed by atoms with van der Waals surface area (Å²) in [5, 5.41) is 9.15. The Morgan fingerprint density at radius 2 is 2.00 bits per heavy atom. The number of rotatable bonds is 2. The normalized spacial score (nSPS) is 13.2. The molecule has 0 saturated carbocycles. The Kier molecular flexibility index (Phi) is 3.71. The highest BCUT2D eigenvalue weighted by Gasteiger charge is 2.24. The minimum atomic E-state index is -1.29. The Labute approximate surface area is 137 Å². The van der Waals surface area contributed by atoms with Gasteiger partial charge in [0.25, 0.3) is 5.56 Å². The van der Waals surface area contributed by atoms with Crippen molar-refractivity contribution in [3.8, 4) is 5.69 Å². The number of aromatic nitrogens is 2. The standard InChI is InChI=1S/C15H12BrFN2O4/c1-18-11-4-2-3-7(11)13(20)19(15(18)23)12-5-8(14(21)22)9(16)6-10(12)17/h5-6H,2-4H2,1H3,(H,21,22). The van der Waals surface area contributed by atoms with Crippen molar-refractivity contribution < 1.29 is 14.3 Å². The van der Waals surface area contributed by atoms with Crippen LogP contribution in [0, 0.1) is 5.82 Å². The molecule has 0 fully saturated rings. The molecule has 23 heavy (non-hydrogen) atoms. The van der Waals surface area contributed by atoms with Gasteiger partial charge in [-0.25, -0.2) is 18.5 Å². The monoisotopic (exact) mass is 382 g/mol. The molecule has 2 aromatic rings. The van der Waals surface area contributed by atoms with E-state index < -0.39 is 23.0 Å². The second-order valence-corrected chi connectivity index (χ2v) is 6.20. The van der Waals surface area contributed by atoms with E-state index in [2.05, 4.69) is 15.9 Å². The molecule has 120 valence electrons. The van der Waals surface area contributed by atoms with Gasteiger partial charge >= 0.3 is 11.7 Å². The summed E-state index contributed by atoms with van der Waals surface area (Å²) in [5.41, 5.74) is -0.716. The number of nitrogens with zero attached hydrogens (tertiary/aromatic N) is 2. The summed E-state index contributed by atoms with van der Waals surface area (Å²) < 4.78 is 16.4. The zero-order valence-corrected chi connectivity index (χ0v) is 13.7. The first-order valence-electron chi connectivity index (χ1n) is 6.89. The van der Waals surface area contributed by atoms with Crippen LogP contribution in [0.5, 0.6) is 0 Å². The smallest absolute Gasteiger partial charge is 0.336 e. The van der Waals surface area contributed by atoms with Crippen molar-refractivity contribution in [3.05, 3.63) is 60.1 Å². The van der Waals surface area contributed by atoms with Crippen molar-refractivity contribution in [2.75, 3.05) is 0 Å². The van der Waals surface area contributed by atoms with E-state index in [9.17, 15) is 18.8 Å². The van der Waals surface area contributed by atoms with Crippen LogP contribution >= 0.6 is 15.9 Å². The highest BCUT2D eigenvalue weighted by atomic mass is 79.9. The van der Waals surface area contributed by atoms with Crippen molar-refractivity contribution in [2.45, 2.75) is 19.3 Å². The summed E-state index contributed by atoms with van der Waals surface area (Å²) in [7, 11) is 1.53. The fourth-order valence-corrected chi connectivity index (χ4v) is 3.39. The number of carboxylic acid groups (broad SMARTS) is 1. The van der Waals surface area contributed by atoms with E-state index in [1.54, 1.807) is 0 Å². The number of aromatic carboxylic acids is 1. The van der Waals surface area contributed by atoms with E-state index in [1.807, 2.05) is 0 Å². The second kappa shape index (κ2) is 5.45. The number of hydrogen-bond acceptors (Lipinski definition) is 3. The molecule has 8 heteroatoms. The molecule has 0 amide bonds. The van der Waals surface area contributed by atoms with Crippen LogP contribution in [0.25, 0.3) is 5.69 Å². The predicted molar refractivity (Wildman–Crippen MR) is 83.9 cm³/mol. The lowest BCUT2D eigenvalue weighted by Gasteiger charge is -2.13. The predicted octanol–water partition coefficient (Wildman–Crippen LogP) is 1.62. The van der Waals surface area contributed by atoms with Crippen LogP contribution < -0.4 is 11.2 Å². The minimum absolute atomic E-state index is 0.0392. The highest BCUT2D eigenvalue weighted by molar-refractivity contribution is 9.10. The topological polar surface area (TPSA) is 81.3 Å². The molecule has 0 bridgehead atoms. The number of halogens is 2. The molecule has 0 atom stereocenters. The molecule has 0 saturated heterocycles. The molecule has 0 radical (unpaired) electrons. The molecule has 0 spiro atoms. The van der Waals surface area contributed by atoms with E-state index in [4.69, 9.17) is 5.11 Å². The van der Waals surface area contributed by atoms with Gasteiger partial charge in [-0.05, 0) is 47.3 Å². The molecule has 1 aliphatic carbocycles. The van der Waals surface area contributed by atoms with E-state index in [1.165, 1.54) is 11.6 Å². The van der Waals surface area contributed by atoms with Crippen molar-refractivity contribution >= 4 is 21.9 Å². The number of carboxylic acids is 1. The van der Waals surface area contributed by atoms with Gasteiger partial charge in [-0.15, -0.1) is 0 Å². The first-order chi connectivity index (χ1) is 10.8. The lowest BCUT2D eigenvalue weighted by molar-refractivity contribution is 0.0696. The molecule has 0 aliphatic heterocycles. The van der Waals surface area contributed by atoms with E-state index in [-0.39, 0.29) is 15.7 Å². The van der Waals surface area contributed by atoms with Gasteiger partial charge in [0.15, 0.2) is 0 Å². The fourth-order valence-electron chi connectivity index (χ4n) is 2.90. The van der Waals surface area contributed by atoms with Gasteiger partial charge in [0.1, 0.15) is 5.82 Å². The first-order valence-corrected chi connectivity index (χ1v) is 7.68. The van der Waals surface area contributed by atoms with E-state index in [0.29, 0.717) is 28.7 Å². The van der Waals surface area contributed by atoms with E-state index in [0.717, 1.165) is 18.6 Å². The molecule has 3 rings (SSSR count). The number of hydrogen-bond donors (Lipinski definition) is 1. The fraction of sp³-hybridized carbons (Fsp3) is 0.267. The molecular weight excluding hydrogens is 371 g/mol. The molecular formula is C15H12BrFN2O4. The van der Waals surface area contributed by atoms with Crippen LogP contribution in [0.15, 0.2) is 26.2 Å². The van der Waals surface area contributed by atoms with Crippen molar-refractivity contribution in [1.29, 1.82) is 0 Å². The Bertz CT molecular complexity index is 961. The van der Waals surface area contributed by atoms with Gasteiger partial charge in [0.05, 0.1) is 11.3 Å². The van der Waals surface area contributed by atoms with Crippen LogP contribution in [0.1, 0.15) is 28.0 Å². The van der Waals surface area contributed by atoms with Crippen LogP contribution in [-0.4, -0.2) is 20.2 Å². The molecule has 1 aromatic heterocycles. The summed E-state index contributed by atoms with van der Waals surface area (Å²) in [6, 6.07) is 1.93. The van der Waals surface area contributed by atoms with Crippen molar-refractivity contribution in [3.63, 3.8) is 0 Å². The first kappa shape index (κ1) is 15.7. The summed E-state index contributed by atoms with van der Waals surface area (Å²) in [5.74, 6) is -2.14. The molecule has 1 aliphatic rings. The zero-order chi connectivity index (χ0) is 16.9. The number of carbonyl (C=O) groups is 1. The maximum Gasteiger partial charge on any atom is 0.336 e. The maximum atomic E-state index is 14.3. The third-order valence-corrected chi connectivity index (χ3v) is 4.70. The number of fused-ring (bicyclic) bond motifs is 1. The molecule has 1 heterocycles. The highest BCUT2D eigenvalue weighted by Crippen LogP contribution is 2.24. The van der Waals surface area contributed by atoms with E-state index >= 15 is 0 Å². The van der Waals surface area contributed by atoms with Gasteiger partial charge in [-0.1, -0.05) is 0 Å². The minimum Gasteiger partial charge on any atom is -0.478 e. The SMILES string of the molecule is Cn1c2c(c(=O)n(-c3cc(C(=O)O)c(Br)cc3F)c1=O)CCC2. The second-order valence-electron chi connectivity index (χ2n) is 5.35. The maximum absolute atomic E-state index is 14.3. The average molecular weight is 383 g/mol. The zero-order valence-electron chi connectivity index (χ0n) is 12.1. The summed E-state index contributed by atoms with van der Waals surface area (Å²) in [6.45, 7) is 0. The van der Waals surface area contributed by atoms with Crippen LogP contribution in [0.4, 0.5) is 4.39 Å². The van der Waals surface area contributed by atoms with Gasteiger partial charge in [-0.2, -0.15) is 0 Å². The van der Waals surface area contributed by atoms with Gasteiger partial charge in [0, 0.05) is 22.8 Å². The Hall–Kier alpha value is -2.22. The summed E-state index contributed by atoms with van der Waals surface area (Å²) in [6.07, 6.45) is 1.90. The van der Waals surface area contributed by atoms with Gasteiger partial charge in [-0.3, -0.25) is 4.79 Å². The van der Waals surface area contributed by atoms with Gasteiger partial charge in [0.2, 0.25) is 0 Å². The summed E-state index contributed by atoms with van der Waals surface area (Å²) >= 11 is 2.96. The van der Waals surface area contributed by atoms with Crippen molar-refractivity contribution in [1.82, 2.24) is 9.13 Å². The Morgan fingerprint density at radius 1 is 1.30 bits per heavy atom. The van der Waals surface area contributed by atoms with Gasteiger partial charge < -0.3 is 9.67 Å². The quantitative estimate of drug-likeness (QED) is 0.855. The Balaban J connectivity index is 2.39. The average Bonchev–Trinajstić information content (AvgIpc) is 2.96. The van der Waals surface area contributed by atoms with Crippen LogP contribution in [0.3, 0.4) is 0 Å². The summed E-state index contributed by atoms with van der Waals surface area (Å²) in [4.78, 5) is 36.3. The lowest BCUT2D eigenvalue weighted by Crippen LogP contribution is -2.41. The molecule has 1 aromatic carbocycles. The molecule has 0 unspecified atom stereocenters. The molecule has 6 nitrogen and oxygen atoms in total.